The van der Waals surface area contributed by atoms with Crippen LogP contribution in [0.4, 0.5) is 4.39 Å². The van der Waals surface area contributed by atoms with Crippen molar-refractivity contribution >= 4 is 23.2 Å². The molecule has 0 radical (unpaired) electrons. The Labute approximate surface area is 187 Å². The van der Waals surface area contributed by atoms with Gasteiger partial charge in [-0.1, -0.05) is 36.4 Å². The monoisotopic (exact) mass is 450 g/mol. The second-order valence-electron chi connectivity index (χ2n) is 6.94. The fourth-order valence-corrected chi connectivity index (χ4v) is 3.67. The van der Waals surface area contributed by atoms with E-state index in [9.17, 15) is 14.0 Å². The van der Waals surface area contributed by atoms with Crippen molar-refractivity contribution in [3.63, 3.8) is 0 Å². The quantitative estimate of drug-likeness (QED) is 0.399. The van der Waals surface area contributed by atoms with Gasteiger partial charge in [-0.25, -0.2) is 13.9 Å². The highest BCUT2D eigenvalue weighted by atomic mass is 32.1. The van der Waals surface area contributed by atoms with Crippen molar-refractivity contribution in [2.75, 3.05) is 13.7 Å². The molecule has 2 aromatic heterocycles. The maximum absolute atomic E-state index is 13.0. The van der Waals surface area contributed by atoms with Crippen LogP contribution in [0.5, 0.6) is 0 Å². The van der Waals surface area contributed by atoms with Gasteiger partial charge in [0.15, 0.2) is 12.4 Å². The Bertz CT molecular complexity index is 1210. The van der Waals surface area contributed by atoms with Crippen LogP contribution < -0.4 is 0 Å². The first-order valence-corrected chi connectivity index (χ1v) is 10.6. The van der Waals surface area contributed by atoms with Gasteiger partial charge in [0.2, 0.25) is 0 Å². The molecule has 0 aliphatic heterocycles. The molecule has 0 saturated carbocycles. The highest BCUT2D eigenvalue weighted by Gasteiger charge is 2.22. The van der Waals surface area contributed by atoms with Crippen molar-refractivity contribution in [1.82, 2.24) is 19.7 Å². The van der Waals surface area contributed by atoms with E-state index in [-0.39, 0.29) is 18.2 Å². The van der Waals surface area contributed by atoms with E-state index in [0.29, 0.717) is 5.82 Å². The zero-order valence-corrected chi connectivity index (χ0v) is 18.0. The molecule has 0 saturated heterocycles. The van der Waals surface area contributed by atoms with E-state index in [1.807, 2.05) is 47.8 Å². The van der Waals surface area contributed by atoms with Gasteiger partial charge in [0.05, 0.1) is 10.6 Å². The number of carbonyl (C=O) groups is 2. The van der Waals surface area contributed by atoms with Crippen LogP contribution >= 0.6 is 11.3 Å². The van der Waals surface area contributed by atoms with Gasteiger partial charge in [-0.3, -0.25) is 4.79 Å². The molecular weight excluding hydrogens is 431 g/mol. The van der Waals surface area contributed by atoms with Crippen LogP contribution in [0.2, 0.25) is 0 Å². The fraction of sp³-hybridized carbons (Fsp3) is 0.130. The number of thiophene rings is 1. The largest absolute Gasteiger partial charge is 0.450 e. The summed E-state index contributed by atoms with van der Waals surface area (Å²) in [6.07, 6.45) is 0. The SMILES string of the molecule is CN(Cc1ccc(F)cc1)C(=O)COC(=O)c1nc(-c2cccs2)n(-c2ccccc2)n1. The summed E-state index contributed by atoms with van der Waals surface area (Å²) in [4.78, 5) is 31.5. The van der Waals surface area contributed by atoms with Crippen molar-refractivity contribution in [2.45, 2.75) is 6.54 Å². The van der Waals surface area contributed by atoms with E-state index in [1.165, 1.54) is 28.4 Å². The summed E-state index contributed by atoms with van der Waals surface area (Å²) in [5.74, 6) is -1.16. The van der Waals surface area contributed by atoms with Gasteiger partial charge < -0.3 is 9.64 Å². The number of esters is 1. The molecule has 7 nitrogen and oxygen atoms in total. The third-order valence-electron chi connectivity index (χ3n) is 4.62. The van der Waals surface area contributed by atoms with E-state index in [0.717, 1.165) is 16.1 Å². The van der Waals surface area contributed by atoms with Crippen molar-refractivity contribution in [1.29, 1.82) is 0 Å². The van der Waals surface area contributed by atoms with E-state index in [4.69, 9.17) is 4.74 Å². The molecule has 9 heteroatoms. The van der Waals surface area contributed by atoms with Gasteiger partial charge in [0.1, 0.15) is 5.82 Å². The lowest BCUT2D eigenvalue weighted by atomic mass is 10.2. The van der Waals surface area contributed by atoms with E-state index in [1.54, 1.807) is 23.9 Å². The van der Waals surface area contributed by atoms with Crippen LogP contribution in [0.25, 0.3) is 16.4 Å². The van der Waals surface area contributed by atoms with Gasteiger partial charge in [-0.05, 0) is 41.3 Å². The summed E-state index contributed by atoms with van der Waals surface area (Å²) in [5.41, 5.74) is 1.51. The van der Waals surface area contributed by atoms with Crippen LogP contribution in [-0.4, -0.2) is 45.2 Å². The zero-order chi connectivity index (χ0) is 22.5. The Kier molecular flexibility index (Phi) is 6.37. The normalized spacial score (nSPS) is 10.7. The Morgan fingerprint density at radius 1 is 1.06 bits per heavy atom. The number of rotatable bonds is 7. The maximum atomic E-state index is 13.0. The average molecular weight is 450 g/mol. The highest BCUT2D eigenvalue weighted by Crippen LogP contribution is 2.25. The van der Waals surface area contributed by atoms with Crippen molar-refractivity contribution < 1.29 is 18.7 Å². The molecule has 162 valence electrons. The number of aromatic nitrogens is 3. The summed E-state index contributed by atoms with van der Waals surface area (Å²) in [6, 6.07) is 18.9. The number of amides is 1. The van der Waals surface area contributed by atoms with Gasteiger partial charge >= 0.3 is 5.97 Å². The molecule has 0 N–H and O–H groups in total. The van der Waals surface area contributed by atoms with Crippen molar-refractivity contribution in [2.24, 2.45) is 0 Å². The standard InChI is InChI=1S/C23H19FN4O3S/c1-27(14-16-9-11-17(24)12-10-16)20(29)15-31-23(30)21-25-22(19-8-5-13-32-19)28(26-21)18-6-3-2-4-7-18/h2-13H,14-15H2,1H3. The molecule has 0 fully saturated rings. The average Bonchev–Trinajstić information content (AvgIpc) is 3.49. The van der Waals surface area contributed by atoms with Crippen LogP contribution in [0.1, 0.15) is 16.2 Å². The summed E-state index contributed by atoms with van der Waals surface area (Å²) < 4.78 is 19.8. The Balaban J connectivity index is 1.45. The van der Waals surface area contributed by atoms with Crippen molar-refractivity contribution in [3.8, 4) is 16.4 Å². The molecule has 4 rings (SSSR count). The number of ether oxygens (including phenoxy) is 1. The smallest absolute Gasteiger partial charge is 0.378 e. The summed E-state index contributed by atoms with van der Waals surface area (Å²) in [7, 11) is 1.58. The lowest BCUT2D eigenvalue weighted by Gasteiger charge is -2.16. The molecule has 4 aromatic rings. The second kappa shape index (κ2) is 9.52. The van der Waals surface area contributed by atoms with Crippen LogP contribution in [0, 0.1) is 5.82 Å². The lowest BCUT2D eigenvalue weighted by Crippen LogP contribution is -2.31. The number of hydrogen-bond donors (Lipinski definition) is 0. The predicted octanol–water partition coefficient (Wildman–Crippen LogP) is 3.95. The zero-order valence-electron chi connectivity index (χ0n) is 17.1. The first-order chi connectivity index (χ1) is 15.5. The number of likely N-dealkylation sites (N-methyl/N-ethyl adjacent to an activating group) is 1. The summed E-state index contributed by atoms with van der Waals surface area (Å²) in [6.45, 7) is -0.190. The van der Waals surface area contributed by atoms with Crippen LogP contribution in [0.15, 0.2) is 72.1 Å². The predicted molar refractivity (Wildman–Crippen MR) is 118 cm³/mol. The van der Waals surface area contributed by atoms with E-state index < -0.39 is 18.5 Å². The number of benzene rings is 2. The van der Waals surface area contributed by atoms with Gasteiger partial charge in [-0.2, -0.15) is 4.98 Å². The summed E-state index contributed by atoms with van der Waals surface area (Å²) >= 11 is 1.47. The Hall–Kier alpha value is -3.85. The minimum Gasteiger partial charge on any atom is -0.450 e. The summed E-state index contributed by atoms with van der Waals surface area (Å²) in [5, 5.41) is 6.22. The highest BCUT2D eigenvalue weighted by molar-refractivity contribution is 7.13. The molecule has 0 atom stereocenters. The molecular formula is C23H19FN4O3S. The molecule has 2 aromatic carbocycles. The Morgan fingerprint density at radius 3 is 2.50 bits per heavy atom. The first kappa shape index (κ1) is 21.4. The number of nitrogens with zero attached hydrogens (tertiary/aromatic N) is 4. The molecule has 32 heavy (non-hydrogen) atoms. The third-order valence-corrected chi connectivity index (χ3v) is 5.48. The second-order valence-corrected chi connectivity index (χ2v) is 7.88. The van der Waals surface area contributed by atoms with Gasteiger partial charge in [0.25, 0.3) is 11.7 Å². The minimum absolute atomic E-state index is 0.133. The van der Waals surface area contributed by atoms with E-state index in [2.05, 4.69) is 10.1 Å². The molecule has 2 heterocycles. The first-order valence-electron chi connectivity index (χ1n) is 9.73. The number of para-hydroxylation sites is 1. The number of hydrogen-bond acceptors (Lipinski definition) is 6. The van der Waals surface area contributed by atoms with Gasteiger partial charge in [-0.15, -0.1) is 16.4 Å². The fourth-order valence-electron chi connectivity index (χ4n) is 2.97. The molecule has 0 spiro atoms. The minimum atomic E-state index is -0.791. The Morgan fingerprint density at radius 2 is 1.81 bits per heavy atom. The lowest BCUT2D eigenvalue weighted by molar-refractivity contribution is -0.133. The molecule has 0 aliphatic rings. The van der Waals surface area contributed by atoms with Crippen LogP contribution in [0.3, 0.4) is 0 Å². The van der Waals surface area contributed by atoms with Crippen LogP contribution in [-0.2, 0) is 16.1 Å². The number of halogens is 1. The van der Waals surface area contributed by atoms with Gasteiger partial charge in [0, 0.05) is 13.6 Å². The molecule has 1 amide bonds. The third kappa shape index (κ3) is 4.89. The van der Waals surface area contributed by atoms with E-state index >= 15 is 0 Å². The molecule has 0 aliphatic carbocycles. The number of carbonyl (C=O) groups excluding carboxylic acids is 2. The topological polar surface area (TPSA) is 77.3 Å². The van der Waals surface area contributed by atoms with Crippen molar-refractivity contribution in [3.05, 3.63) is 89.3 Å². The molecule has 0 unspecified atom stereocenters. The molecule has 0 bridgehead atoms. The maximum Gasteiger partial charge on any atom is 0.378 e.